The van der Waals surface area contributed by atoms with E-state index in [1.54, 1.807) is 20.4 Å². The number of halogens is 1. The fourth-order valence-corrected chi connectivity index (χ4v) is 2.07. The molecular weight excluding hydrogens is 290 g/mol. The number of ether oxygens (including phenoxy) is 2. The van der Waals surface area contributed by atoms with Crippen LogP contribution in [0.15, 0.2) is 28.3 Å². The molecule has 0 unspecified atom stereocenters. The van der Waals surface area contributed by atoms with Crippen molar-refractivity contribution >= 4 is 24.5 Å². The van der Waals surface area contributed by atoms with Gasteiger partial charge in [-0.05, 0) is 25.0 Å². The molecule has 1 N–H and O–H groups in total. The maximum Gasteiger partial charge on any atom is 0.131 e. The molecule has 0 amide bonds. The molecule has 0 aliphatic carbocycles. The van der Waals surface area contributed by atoms with Gasteiger partial charge in [0, 0.05) is 24.6 Å². The van der Waals surface area contributed by atoms with E-state index in [0.29, 0.717) is 0 Å². The fraction of sp³-hybridized carbons (Fsp3) is 0.467. The summed E-state index contributed by atoms with van der Waals surface area (Å²) in [6, 6.07) is 5.63. The summed E-state index contributed by atoms with van der Waals surface area (Å²) in [6.07, 6.45) is 6.29. The molecule has 2 rings (SSSR count). The van der Waals surface area contributed by atoms with Crippen molar-refractivity contribution in [2.75, 3.05) is 20.8 Å². The Morgan fingerprint density at radius 2 is 2.05 bits per heavy atom. The summed E-state index contributed by atoms with van der Waals surface area (Å²) >= 11 is 0. The minimum atomic E-state index is 0. The number of amidine groups is 1. The quantitative estimate of drug-likeness (QED) is 0.687. The van der Waals surface area contributed by atoms with E-state index in [2.05, 4.69) is 15.5 Å². The Kier molecular flexibility index (Phi) is 7.61. The molecule has 1 aromatic carbocycles. The molecule has 0 saturated heterocycles. The molecule has 21 heavy (non-hydrogen) atoms. The minimum absolute atomic E-state index is 0. The third-order valence-electron chi connectivity index (χ3n) is 3.21. The molecular formula is C15H22ClN3O2. The van der Waals surface area contributed by atoms with Crippen LogP contribution < -0.4 is 14.9 Å². The lowest BCUT2D eigenvalue weighted by molar-refractivity contribution is 0.394. The number of aliphatic imine (C=N–C) groups is 1. The van der Waals surface area contributed by atoms with Gasteiger partial charge in [0.15, 0.2) is 0 Å². The summed E-state index contributed by atoms with van der Waals surface area (Å²) in [5.41, 5.74) is 3.92. The van der Waals surface area contributed by atoms with Crippen molar-refractivity contribution in [1.82, 2.24) is 5.43 Å². The van der Waals surface area contributed by atoms with E-state index in [1.165, 1.54) is 19.3 Å². The third kappa shape index (κ3) is 5.27. The van der Waals surface area contributed by atoms with Crippen LogP contribution >= 0.6 is 12.4 Å². The van der Waals surface area contributed by atoms with Crippen LogP contribution in [0.4, 0.5) is 0 Å². The maximum absolute atomic E-state index is 5.32. The van der Waals surface area contributed by atoms with Crippen molar-refractivity contribution in [3.63, 3.8) is 0 Å². The number of nitrogens with zero attached hydrogens (tertiary/aromatic N) is 2. The van der Waals surface area contributed by atoms with Crippen molar-refractivity contribution in [1.29, 1.82) is 0 Å². The van der Waals surface area contributed by atoms with Gasteiger partial charge < -0.3 is 9.47 Å². The number of methoxy groups -OCH3 is 2. The minimum Gasteiger partial charge on any atom is -0.497 e. The number of rotatable bonds is 4. The molecule has 1 heterocycles. The van der Waals surface area contributed by atoms with Gasteiger partial charge in [-0.25, -0.2) is 0 Å². The van der Waals surface area contributed by atoms with Gasteiger partial charge in [-0.15, -0.1) is 12.4 Å². The molecule has 0 fully saturated rings. The van der Waals surface area contributed by atoms with Gasteiger partial charge in [-0.3, -0.25) is 10.4 Å². The Hall–Kier alpha value is -1.75. The first-order valence-electron chi connectivity index (χ1n) is 6.88. The largest absolute Gasteiger partial charge is 0.497 e. The second-order valence-electron chi connectivity index (χ2n) is 4.62. The normalized spacial score (nSPS) is 14.9. The summed E-state index contributed by atoms with van der Waals surface area (Å²) in [4.78, 5) is 4.46. The zero-order valence-corrected chi connectivity index (χ0v) is 13.3. The van der Waals surface area contributed by atoms with E-state index in [1.807, 2.05) is 18.2 Å². The lowest BCUT2D eigenvalue weighted by atomic mass is 10.2. The highest BCUT2D eigenvalue weighted by Gasteiger charge is 2.04. The van der Waals surface area contributed by atoms with Crippen LogP contribution in [0, 0.1) is 0 Å². The van der Waals surface area contributed by atoms with Gasteiger partial charge in [0.1, 0.15) is 17.3 Å². The first kappa shape index (κ1) is 17.3. The molecule has 0 radical (unpaired) electrons. The summed E-state index contributed by atoms with van der Waals surface area (Å²) in [5, 5.41) is 4.24. The Labute approximate surface area is 131 Å². The second kappa shape index (κ2) is 9.23. The maximum atomic E-state index is 5.32. The molecule has 5 nitrogen and oxygen atoms in total. The molecule has 0 aromatic heterocycles. The molecule has 6 heteroatoms. The van der Waals surface area contributed by atoms with Crippen molar-refractivity contribution in [2.24, 2.45) is 10.1 Å². The van der Waals surface area contributed by atoms with Crippen molar-refractivity contribution in [3.05, 3.63) is 23.8 Å². The molecule has 1 aliphatic rings. The van der Waals surface area contributed by atoms with Crippen molar-refractivity contribution in [3.8, 4) is 11.5 Å². The molecule has 1 aromatic rings. The predicted molar refractivity (Wildman–Crippen MR) is 88.3 cm³/mol. The van der Waals surface area contributed by atoms with E-state index in [4.69, 9.17) is 9.47 Å². The van der Waals surface area contributed by atoms with Gasteiger partial charge in [0.2, 0.25) is 0 Å². The SMILES string of the molecule is COc1ccc(C=NNC2=NCCCCC2)c(OC)c1.Cl. The topological polar surface area (TPSA) is 55.2 Å². The van der Waals surface area contributed by atoms with E-state index >= 15 is 0 Å². The Morgan fingerprint density at radius 3 is 2.81 bits per heavy atom. The highest BCUT2D eigenvalue weighted by molar-refractivity contribution is 5.87. The molecule has 0 atom stereocenters. The summed E-state index contributed by atoms with van der Waals surface area (Å²) in [6.45, 7) is 0.893. The van der Waals surface area contributed by atoms with Crippen molar-refractivity contribution in [2.45, 2.75) is 25.7 Å². The number of nitrogens with one attached hydrogen (secondary N) is 1. The van der Waals surface area contributed by atoms with Crippen LogP contribution in [0.2, 0.25) is 0 Å². The highest BCUT2D eigenvalue weighted by atomic mass is 35.5. The summed E-state index contributed by atoms with van der Waals surface area (Å²) < 4.78 is 10.5. The fourth-order valence-electron chi connectivity index (χ4n) is 2.07. The Bertz CT molecular complexity index is 504. The van der Waals surface area contributed by atoms with Crippen LogP contribution in [0.5, 0.6) is 11.5 Å². The van der Waals surface area contributed by atoms with Crippen LogP contribution in [0.25, 0.3) is 0 Å². The summed E-state index contributed by atoms with van der Waals surface area (Å²) in [7, 11) is 3.27. The lowest BCUT2D eigenvalue weighted by Gasteiger charge is -2.07. The van der Waals surface area contributed by atoms with Crippen LogP contribution in [0.1, 0.15) is 31.2 Å². The monoisotopic (exact) mass is 311 g/mol. The van der Waals surface area contributed by atoms with Gasteiger partial charge >= 0.3 is 0 Å². The third-order valence-corrected chi connectivity index (χ3v) is 3.21. The average Bonchev–Trinajstić information content (AvgIpc) is 2.76. The van der Waals surface area contributed by atoms with Gasteiger partial charge in [-0.1, -0.05) is 6.42 Å². The van der Waals surface area contributed by atoms with Crippen LogP contribution in [-0.2, 0) is 0 Å². The molecule has 0 spiro atoms. The molecule has 0 bridgehead atoms. The number of benzene rings is 1. The van der Waals surface area contributed by atoms with Crippen molar-refractivity contribution < 1.29 is 9.47 Å². The standard InChI is InChI=1S/C15H21N3O2.ClH/c1-19-13-8-7-12(14(10-13)20-2)11-17-18-15-6-4-3-5-9-16-15;/h7-8,10-11H,3-6,9H2,1-2H3,(H,16,18);1H. The van der Waals surface area contributed by atoms with E-state index < -0.39 is 0 Å². The van der Waals surface area contributed by atoms with Gasteiger partial charge in [-0.2, -0.15) is 5.10 Å². The average molecular weight is 312 g/mol. The van der Waals surface area contributed by atoms with E-state index in [-0.39, 0.29) is 12.4 Å². The van der Waals surface area contributed by atoms with E-state index in [0.717, 1.165) is 35.9 Å². The zero-order valence-electron chi connectivity index (χ0n) is 12.5. The number of hydrogen-bond donors (Lipinski definition) is 1. The Balaban J connectivity index is 0.00000220. The molecule has 0 saturated carbocycles. The smallest absolute Gasteiger partial charge is 0.131 e. The van der Waals surface area contributed by atoms with Gasteiger partial charge in [0.05, 0.1) is 20.4 Å². The number of hydrazone groups is 1. The molecule has 116 valence electrons. The Morgan fingerprint density at radius 1 is 1.19 bits per heavy atom. The second-order valence-corrected chi connectivity index (χ2v) is 4.62. The number of hydrogen-bond acceptors (Lipinski definition) is 5. The van der Waals surface area contributed by atoms with Crippen LogP contribution in [0.3, 0.4) is 0 Å². The first-order valence-corrected chi connectivity index (χ1v) is 6.88. The highest BCUT2D eigenvalue weighted by Crippen LogP contribution is 2.22. The lowest BCUT2D eigenvalue weighted by Crippen LogP contribution is -2.17. The van der Waals surface area contributed by atoms with E-state index in [9.17, 15) is 0 Å². The van der Waals surface area contributed by atoms with Crippen LogP contribution in [-0.4, -0.2) is 32.8 Å². The zero-order chi connectivity index (χ0) is 14.2. The first-order chi connectivity index (χ1) is 9.83. The predicted octanol–water partition coefficient (Wildman–Crippen LogP) is 3.02. The molecule has 1 aliphatic heterocycles. The summed E-state index contributed by atoms with van der Waals surface area (Å²) in [5.74, 6) is 2.46. The van der Waals surface area contributed by atoms with Gasteiger partial charge in [0.25, 0.3) is 0 Å².